The van der Waals surface area contributed by atoms with E-state index in [1.165, 1.54) is 32.4 Å². The molecule has 0 aliphatic heterocycles. The van der Waals surface area contributed by atoms with Gasteiger partial charge in [-0.15, -0.1) is 0 Å². The summed E-state index contributed by atoms with van der Waals surface area (Å²) in [6.07, 6.45) is 2.89. The molecule has 25 heavy (non-hydrogen) atoms. The van der Waals surface area contributed by atoms with Crippen LogP contribution in [-0.2, 0) is 9.36 Å². The molecule has 0 saturated carbocycles. The first kappa shape index (κ1) is 18.9. The van der Waals surface area contributed by atoms with Crippen molar-refractivity contribution < 1.29 is 23.9 Å². The van der Waals surface area contributed by atoms with Gasteiger partial charge in [-0.3, -0.25) is 9.36 Å². The Morgan fingerprint density at radius 2 is 1.72 bits per heavy atom. The predicted octanol–water partition coefficient (Wildman–Crippen LogP) is 3.04. The highest BCUT2D eigenvalue weighted by molar-refractivity contribution is 7.52. The van der Waals surface area contributed by atoms with Crippen LogP contribution in [0.5, 0.6) is 5.75 Å². The summed E-state index contributed by atoms with van der Waals surface area (Å²) < 4.78 is 17.0. The Morgan fingerprint density at radius 1 is 1.12 bits per heavy atom. The number of nitrogens with zero attached hydrogens (tertiary/aromatic N) is 1. The summed E-state index contributed by atoms with van der Waals surface area (Å²) >= 11 is 0. The maximum absolute atomic E-state index is 12.4. The van der Waals surface area contributed by atoms with Crippen LogP contribution in [0.1, 0.15) is 16.9 Å². The third-order valence-electron chi connectivity index (χ3n) is 3.66. The molecular weight excluding hydrogens is 341 g/mol. The maximum Gasteiger partial charge on any atom is 0.352 e. The molecule has 2 rings (SSSR count). The fourth-order valence-corrected chi connectivity index (χ4v) is 3.51. The summed E-state index contributed by atoms with van der Waals surface area (Å²) in [6, 6.07) is 15.4. The molecule has 2 N–H and O–H groups in total. The van der Waals surface area contributed by atoms with Crippen LogP contribution in [0.15, 0.2) is 60.7 Å². The Hall–Kier alpha value is -2.40. The molecule has 132 valence electrons. The zero-order valence-electron chi connectivity index (χ0n) is 13.9. The van der Waals surface area contributed by atoms with Crippen molar-refractivity contribution in [2.45, 2.75) is 5.78 Å². The van der Waals surface area contributed by atoms with E-state index >= 15 is 0 Å². The van der Waals surface area contributed by atoms with Crippen LogP contribution in [0.4, 0.5) is 0 Å². The number of carbonyl (C=O) groups is 1. The molecular formula is C18H20NO5P. The van der Waals surface area contributed by atoms with Gasteiger partial charge in [-0.2, -0.15) is 0 Å². The molecule has 2 aromatic carbocycles. The van der Waals surface area contributed by atoms with Crippen molar-refractivity contribution in [1.82, 2.24) is 4.90 Å². The Morgan fingerprint density at radius 3 is 2.24 bits per heavy atom. The zero-order chi connectivity index (χ0) is 18.4. The van der Waals surface area contributed by atoms with Gasteiger partial charge < -0.3 is 19.4 Å². The van der Waals surface area contributed by atoms with Crippen LogP contribution < -0.4 is 4.74 Å². The topological polar surface area (TPSA) is 87.1 Å². The molecule has 0 aliphatic rings. The van der Waals surface area contributed by atoms with Crippen molar-refractivity contribution in [3.05, 3.63) is 71.8 Å². The van der Waals surface area contributed by atoms with Crippen molar-refractivity contribution >= 4 is 19.6 Å². The first-order valence-corrected chi connectivity index (χ1v) is 9.20. The van der Waals surface area contributed by atoms with E-state index in [4.69, 9.17) is 4.74 Å². The van der Waals surface area contributed by atoms with Crippen LogP contribution >= 0.6 is 7.60 Å². The van der Waals surface area contributed by atoms with E-state index in [9.17, 15) is 19.1 Å². The lowest BCUT2D eigenvalue weighted by Crippen LogP contribution is -2.29. The second kappa shape index (κ2) is 8.12. The first-order valence-electron chi connectivity index (χ1n) is 7.52. The average Bonchev–Trinajstić information content (AvgIpc) is 2.60. The van der Waals surface area contributed by atoms with E-state index in [1.54, 1.807) is 18.2 Å². The summed E-state index contributed by atoms with van der Waals surface area (Å²) in [4.78, 5) is 32.9. The molecule has 0 spiro atoms. The highest BCUT2D eigenvalue weighted by Crippen LogP contribution is 2.53. The number of methoxy groups -OCH3 is 1. The Balaban J connectivity index is 2.26. The number of benzene rings is 2. The Kier molecular flexibility index (Phi) is 6.15. The van der Waals surface area contributed by atoms with Crippen LogP contribution in [0.25, 0.3) is 6.08 Å². The average molecular weight is 361 g/mol. The van der Waals surface area contributed by atoms with Gasteiger partial charge in [0.2, 0.25) is 5.91 Å². The zero-order valence-corrected chi connectivity index (χ0v) is 14.8. The van der Waals surface area contributed by atoms with E-state index < -0.39 is 19.3 Å². The van der Waals surface area contributed by atoms with Gasteiger partial charge in [0.05, 0.1) is 7.11 Å². The summed E-state index contributed by atoms with van der Waals surface area (Å²) in [6.45, 7) is 0. The quantitative estimate of drug-likeness (QED) is 0.610. The minimum atomic E-state index is -4.60. The molecule has 0 bridgehead atoms. The van der Waals surface area contributed by atoms with Gasteiger partial charge in [0.15, 0.2) is 5.78 Å². The van der Waals surface area contributed by atoms with E-state index in [0.29, 0.717) is 11.3 Å². The molecule has 0 aliphatic carbocycles. The van der Waals surface area contributed by atoms with Crippen molar-refractivity contribution in [1.29, 1.82) is 0 Å². The predicted molar refractivity (Wildman–Crippen MR) is 96.0 cm³/mol. The highest BCUT2D eigenvalue weighted by atomic mass is 31.2. The second-order valence-electron chi connectivity index (χ2n) is 5.43. The van der Waals surface area contributed by atoms with Gasteiger partial charge in [-0.25, -0.2) is 0 Å². The number of amides is 1. The van der Waals surface area contributed by atoms with Crippen LogP contribution in [0.3, 0.4) is 0 Å². The Labute approximate surface area is 146 Å². The van der Waals surface area contributed by atoms with Gasteiger partial charge in [-0.05, 0) is 29.3 Å². The van der Waals surface area contributed by atoms with Gasteiger partial charge in [0.25, 0.3) is 0 Å². The van der Waals surface area contributed by atoms with Gasteiger partial charge in [0, 0.05) is 13.1 Å². The highest BCUT2D eigenvalue weighted by Gasteiger charge is 2.36. The molecule has 1 unspecified atom stereocenters. The molecule has 2 aromatic rings. The minimum Gasteiger partial charge on any atom is -0.497 e. The summed E-state index contributed by atoms with van der Waals surface area (Å²) in [5.41, 5.74) is 1.15. The third kappa shape index (κ3) is 5.03. The summed E-state index contributed by atoms with van der Waals surface area (Å²) in [5.74, 6) is -1.31. The van der Waals surface area contributed by atoms with E-state index in [2.05, 4.69) is 0 Å². The smallest absolute Gasteiger partial charge is 0.352 e. The molecule has 7 heteroatoms. The first-order chi connectivity index (χ1) is 11.8. The van der Waals surface area contributed by atoms with Crippen molar-refractivity contribution in [2.75, 3.05) is 14.2 Å². The molecule has 0 radical (unpaired) electrons. The van der Waals surface area contributed by atoms with E-state index in [0.717, 1.165) is 10.5 Å². The minimum absolute atomic E-state index is 0.332. The molecule has 6 nitrogen and oxygen atoms in total. The second-order valence-corrected chi connectivity index (χ2v) is 7.10. The maximum atomic E-state index is 12.4. The van der Waals surface area contributed by atoms with Gasteiger partial charge in [0.1, 0.15) is 5.75 Å². The van der Waals surface area contributed by atoms with Crippen LogP contribution in [0, 0.1) is 0 Å². The van der Waals surface area contributed by atoms with Crippen LogP contribution in [0.2, 0.25) is 0 Å². The SMILES string of the molecule is COc1ccc(C(N(C)C(=O)C=Cc2ccccc2)P(=O)(O)O)cc1. The molecule has 0 fully saturated rings. The van der Waals surface area contributed by atoms with Gasteiger partial charge in [-0.1, -0.05) is 42.5 Å². The third-order valence-corrected chi connectivity index (χ3v) is 4.95. The standard InChI is InChI=1S/C18H20NO5P/c1-19(17(20)13-8-14-6-4-3-5-7-14)18(25(21,22)23)15-9-11-16(24-2)12-10-15/h3-13,18H,1-2H3,(H2,21,22,23). The molecule has 1 amide bonds. The summed E-state index contributed by atoms with van der Waals surface area (Å²) in [7, 11) is -1.73. The molecule has 0 saturated heterocycles. The number of likely N-dealkylation sites (N-methyl/N-ethyl adjacent to an activating group) is 1. The van der Waals surface area contributed by atoms with E-state index in [-0.39, 0.29) is 0 Å². The monoisotopic (exact) mass is 361 g/mol. The van der Waals surface area contributed by atoms with E-state index in [1.807, 2.05) is 30.3 Å². The Bertz CT molecular complexity index is 783. The lowest BCUT2D eigenvalue weighted by atomic mass is 10.2. The lowest BCUT2D eigenvalue weighted by molar-refractivity contribution is -0.125. The number of rotatable bonds is 6. The number of carbonyl (C=O) groups excluding carboxylic acids is 1. The van der Waals surface area contributed by atoms with Gasteiger partial charge >= 0.3 is 7.60 Å². The molecule has 0 heterocycles. The lowest BCUT2D eigenvalue weighted by Gasteiger charge is -2.28. The fraction of sp³-hybridized carbons (Fsp3) is 0.167. The summed E-state index contributed by atoms with van der Waals surface area (Å²) in [5, 5.41) is 0. The van der Waals surface area contributed by atoms with Crippen molar-refractivity contribution in [3.8, 4) is 5.75 Å². The molecule has 1 atom stereocenters. The number of hydrogen-bond donors (Lipinski definition) is 2. The van der Waals surface area contributed by atoms with Crippen LogP contribution in [-0.4, -0.2) is 34.8 Å². The number of hydrogen-bond acceptors (Lipinski definition) is 3. The van der Waals surface area contributed by atoms with Crippen molar-refractivity contribution in [3.63, 3.8) is 0 Å². The molecule has 0 aromatic heterocycles. The fourth-order valence-electron chi connectivity index (χ4n) is 2.39. The normalized spacial score (nSPS) is 12.8. The number of ether oxygens (including phenoxy) is 1. The van der Waals surface area contributed by atoms with Crippen molar-refractivity contribution in [2.24, 2.45) is 0 Å². The largest absolute Gasteiger partial charge is 0.497 e.